The smallest absolute Gasteiger partial charge is 0.224 e. The zero-order valence-corrected chi connectivity index (χ0v) is 14.9. The zero-order chi connectivity index (χ0) is 16.8. The van der Waals surface area contributed by atoms with Crippen molar-refractivity contribution >= 4 is 18.3 Å². The molecule has 0 aliphatic carbocycles. The molecule has 130 valence electrons. The number of rotatable bonds is 6. The van der Waals surface area contributed by atoms with E-state index < -0.39 is 6.04 Å². The molecule has 0 radical (unpaired) electrons. The Morgan fingerprint density at radius 2 is 1.71 bits per heavy atom. The summed E-state index contributed by atoms with van der Waals surface area (Å²) in [6.07, 6.45) is 0.563. The van der Waals surface area contributed by atoms with Gasteiger partial charge in [-0.2, -0.15) is 0 Å². The fraction of sp³-hybridized carbons (Fsp3) is 0.316. The van der Waals surface area contributed by atoms with E-state index in [4.69, 9.17) is 5.73 Å². The van der Waals surface area contributed by atoms with Crippen molar-refractivity contribution < 1.29 is 9.18 Å². The molecular formula is C19H24ClFN2O. The van der Waals surface area contributed by atoms with Gasteiger partial charge in [0, 0.05) is 26.1 Å². The van der Waals surface area contributed by atoms with E-state index in [0.717, 1.165) is 11.1 Å². The van der Waals surface area contributed by atoms with Gasteiger partial charge in [0.15, 0.2) is 0 Å². The first-order valence-corrected chi connectivity index (χ1v) is 7.75. The van der Waals surface area contributed by atoms with Gasteiger partial charge in [0.25, 0.3) is 0 Å². The van der Waals surface area contributed by atoms with Crippen molar-refractivity contribution in [3.05, 3.63) is 71.0 Å². The summed E-state index contributed by atoms with van der Waals surface area (Å²) < 4.78 is 13.6. The van der Waals surface area contributed by atoms with Crippen molar-refractivity contribution in [2.75, 3.05) is 7.05 Å². The van der Waals surface area contributed by atoms with Crippen LogP contribution in [0.1, 0.15) is 23.1 Å². The van der Waals surface area contributed by atoms with Gasteiger partial charge in [-0.1, -0.05) is 42.5 Å². The van der Waals surface area contributed by atoms with Crippen molar-refractivity contribution in [2.45, 2.75) is 32.4 Å². The minimum atomic E-state index is -0.390. The summed E-state index contributed by atoms with van der Waals surface area (Å²) in [5.41, 5.74) is 8.84. The second kappa shape index (κ2) is 9.40. The van der Waals surface area contributed by atoms with Crippen LogP contribution in [0, 0.1) is 12.7 Å². The third-order valence-corrected chi connectivity index (χ3v) is 3.97. The number of nitrogens with zero attached hydrogens (tertiary/aromatic N) is 1. The Labute approximate surface area is 149 Å². The van der Waals surface area contributed by atoms with Crippen molar-refractivity contribution in [1.29, 1.82) is 0 Å². The lowest BCUT2D eigenvalue weighted by Gasteiger charge is -2.21. The third-order valence-electron chi connectivity index (χ3n) is 3.97. The van der Waals surface area contributed by atoms with Gasteiger partial charge in [-0.25, -0.2) is 4.39 Å². The topological polar surface area (TPSA) is 46.3 Å². The average molecular weight is 351 g/mol. The molecule has 5 heteroatoms. The summed E-state index contributed by atoms with van der Waals surface area (Å²) in [7, 11) is 1.77. The van der Waals surface area contributed by atoms with Gasteiger partial charge in [-0.3, -0.25) is 4.79 Å². The molecule has 0 aromatic heterocycles. The van der Waals surface area contributed by atoms with Crippen LogP contribution < -0.4 is 5.73 Å². The molecule has 2 rings (SSSR count). The lowest BCUT2D eigenvalue weighted by molar-refractivity contribution is -0.130. The maximum Gasteiger partial charge on any atom is 0.224 e. The van der Waals surface area contributed by atoms with Gasteiger partial charge >= 0.3 is 0 Å². The Morgan fingerprint density at radius 3 is 2.33 bits per heavy atom. The van der Waals surface area contributed by atoms with E-state index in [0.29, 0.717) is 18.5 Å². The number of hydrogen-bond donors (Lipinski definition) is 1. The van der Waals surface area contributed by atoms with E-state index in [1.807, 2.05) is 31.2 Å². The molecule has 0 aliphatic heterocycles. The first kappa shape index (κ1) is 20.1. The van der Waals surface area contributed by atoms with Gasteiger partial charge < -0.3 is 10.6 Å². The summed E-state index contributed by atoms with van der Waals surface area (Å²) >= 11 is 0. The SMILES string of the molecule is Cc1ccccc1CN(C)C(=O)CC(N)Cc1ccccc1F.Cl. The quantitative estimate of drug-likeness (QED) is 0.867. The van der Waals surface area contributed by atoms with Crippen LogP contribution >= 0.6 is 12.4 Å². The average Bonchev–Trinajstić information content (AvgIpc) is 2.51. The maximum atomic E-state index is 13.6. The van der Waals surface area contributed by atoms with Crippen molar-refractivity contribution in [3.8, 4) is 0 Å². The van der Waals surface area contributed by atoms with E-state index >= 15 is 0 Å². The molecule has 1 amide bonds. The highest BCUT2D eigenvalue weighted by Gasteiger charge is 2.16. The molecule has 0 spiro atoms. The summed E-state index contributed by atoms with van der Waals surface area (Å²) in [4.78, 5) is 14.0. The zero-order valence-electron chi connectivity index (χ0n) is 14.0. The van der Waals surface area contributed by atoms with E-state index in [1.54, 1.807) is 30.1 Å². The molecule has 3 nitrogen and oxygen atoms in total. The van der Waals surface area contributed by atoms with Crippen molar-refractivity contribution in [2.24, 2.45) is 5.73 Å². The van der Waals surface area contributed by atoms with E-state index in [9.17, 15) is 9.18 Å². The fourth-order valence-corrected chi connectivity index (χ4v) is 2.53. The van der Waals surface area contributed by atoms with Crippen molar-refractivity contribution in [3.63, 3.8) is 0 Å². The van der Waals surface area contributed by atoms with E-state index in [2.05, 4.69) is 0 Å². The number of nitrogens with two attached hydrogens (primary N) is 1. The molecule has 1 unspecified atom stereocenters. The Morgan fingerprint density at radius 1 is 1.12 bits per heavy atom. The van der Waals surface area contributed by atoms with E-state index in [1.165, 1.54) is 6.07 Å². The second-order valence-electron chi connectivity index (χ2n) is 5.94. The lowest BCUT2D eigenvalue weighted by atomic mass is 10.0. The normalized spacial score (nSPS) is 11.5. The summed E-state index contributed by atoms with van der Waals surface area (Å²) in [5, 5.41) is 0. The Bertz CT molecular complexity index is 678. The number of hydrogen-bond acceptors (Lipinski definition) is 2. The molecule has 2 aromatic rings. The Kier molecular flexibility index (Phi) is 7.89. The highest BCUT2D eigenvalue weighted by Crippen LogP contribution is 2.13. The minimum absolute atomic E-state index is 0. The van der Waals surface area contributed by atoms with Crippen LogP contribution in [0.15, 0.2) is 48.5 Å². The lowest BCUT2D eigenvalue weighted by Crippen LogP contribution is -2.34. The number of amides is 1. The molecule has 0 saturated carbocycles. The van der Waals surface area contributed by atoms with Crippen LogP contribution in [0.25, 0.3) is 0 Å². The number of halogens is 2. The van der Waals surface area contributed by atoms with Gasteiger partial charge in [-0.05, 0) is 36.1 Å². The minimum Gasteiger partial charge on any atom is -0.341 e. The first-order valence-electron chi connectivity index (χ1n) is 7.75. The van der Waals surface area contributed by atoms with Crippen LogP contribution in [0.4, 0.5) is 4.39 Å². The van der Waals surface area contributed by atoms with Crippen LogP contribution in [-0.4, -0.2) is 23.9 Å². The fourth-order valence-electron chi connectivity index (χ4n) is 2.53. The molecule has 24 heavy (non-hydrogen) atoms. The standard InChI is InChI=1S/C19H23FN2O.ClH/c1-14-7-3-4-9-16(14)13-22(2)19(23)12-17(21)11-15-8-5-6-10-18(15)20;/h3-10,17H,11-13,21H2,1-2H3;1H. The van der Waals surface area contributed by atoms with Gasteiger partial charge in [0.2, 0.25) is 5.91 Å². The Hall–Kier alpha value is -1.91. The van der Waals surface area contributed by atoms with Crippen LogP contribution in [0.5, 0.6) is 0 Å². The predicted octanol–water partition coefficient (Wildman–Crippen LogP) is 3.47. The van der Waals surface area contributed by atoms with Gasteiger partial charge in [0.1, 0.15) is 5.82 Å². The number of carbonyl (C=O) groups excluding carboxylic acids is 1. The van der Waals surface area contributed by atoms with Crippen LogP contribution in [0.3, 0.4) is 0 Å². The first-order chi connectivity index (χ1) is 11.0. The summed E-state index contributed by atoms with van der Waals surface area (Å²) in [6.45, 7) is 2.58. The third kappa shape index (κ3) is 5.62. The van der Waals surface area contributed by atoms with Gasteiger partial charge in [0.05, 0.1) is 0 Å². The van der Waals surface area contributed by atoms with E-state index in [-0.39, 0.29) is 30.6 Å². The number of aryl methyl sites for hydroxylation is 1. The second-order valence-corrected chi connectivity index (χ2v) is 5.94. The van der Waals surface area contributed by atoms with Crippen LogP contribution in [-0.2, 0) is 17.8 Å². The maximum absolute atomic E-state index is 13.6. The molecule has 0 heterocycles. The summed E-state index contributed by atoms with van der Waals surface area (Å²) in [6, 6.07) is 14.1. The summed E-state index contributed by atoms with van der Waals surface area (Å²) in [5.74, 6) is -0.305. The Balaban J connectivity index is 0.00000288. The predicted molar refractivity (Wildman–Crippen MR) is 97.6 cm³/mol. The van der Waals surface area contributed by atoms with Crippen molar-refractivity contribution in [1.82, 2.24) is 4.90 Å². The monoisotopic (exact) mass is 350 g/mol. The number of benzene rings is 2. The molecular weight excluding hydrogens is 327 g/mol. The molecule has 2 N–H and O–H groups in total. The number of carbonyl (C=O) groups is 1. The molecule has 0 saturated heterocycles. The molecule has 0 bridgehead atoms. The molecule has 0 aliphatic rings. The largest absolute Gasteiger partial charge is 0.341 e. The molecule has 1 atom stereocenters. The molecule has 2 aromatic carbocycles. The molecule has 0 fully saturated rings. The highest BCUT2D eigenvalue weighted by molar-refractivity contribution is 5.85. The van der Waals surface area contributed by atoms with Gasteiger partial charge in [-0.15, -0.1) is 12.4 Å². The highest BCUT2D eigenvalue weighted by atomic mass is 35.5. The van der Waals surface area contributed by atoms with Crippen LogP contribution in [0.2, 0.25) is 0 Å².